The zero-order valence-corrected chi connectivity index (χ0v) is 18.0. The minimum absolute atomic E-state index is 0.114. The largest absolute Gasteiger partial charge is 0.338 e. The Hall–Kier alpha value is -2.77. The number of sulfone groups is 1. The van der Waals surface area contributed by atoms with Crippen molar-refractivity contribution in [2.24, 2.45) is 0 Å². The topological polar surface area (TPSA) is 78.4 Å². The van der Waals surface area contributed by atoms with Gasteiger partial charge in [0.2, 0.25) is 9.84 Å². The number of hydrogen-bond donors (Lipinski definition) is 0. The van der Waals surface area contributed by atoms with E-state index in [1.807, 2.05) is 20.8 Å². The van der Waals surface area contributed by atoms with E-state index in [2.05, 4.69) is 27.0 Å². The van der Waals surface area contributed by atoms with Crippen LogP contribution in [0.2, 0.25) is 0 Å². The molecule has 3 rings (SSSR count). The number of nitrogens with zero attached hydrogens (tertiary/aromatic N) is 2. The maximum absolute atomic E-state index is 13.3. The lowest BCUT2D eigenvalue weighted by molar-refractivity contribution is -0.178. The van der Waals surface area contributed by atoms with Gasteiger partial charge in [0.15, 0.2) is 5.75 Å². The second-order valence-corrected chi connectivity index (χ2v) is 8.93. The molecule has 0 N–H and O–H groups in total. The van der Waals surface area contributed by atoms with Crippen molar-refractivity contribution < 1.29 is 18.2 Å². The van der Waals surface area contributed by atoms with Crippen LogP contribution in [0.5, 0.6) is 5.75 Å². The van der Waals surface area contributed by atoms with Gasteiger partial charge in [0.25, 0.3) is 0 Å². The first kappa shape index (κ1) is 21.0. The van der Waals surface area contributed by atoms with Gasteiger partial charge < -0.3 is 4.89 Å². The molecule has 0 unspecified atom stereocenters. The number of benzene rings is 2. The van der Waals surface area contributed by atoms with Crippen LogP contribution in [-0.2, 0) is 21.1 Å². The molecule has 29 heavy (non-hydrogen) atoms. The summed E-state index contributed by atoms with van der Waals surface area (Å²) in [6.07, 6.45) is 1.81. The minimum atomic E-state index is -3.79. The lowest BCUT2D eigenvalue weighted by Crippen LogP contribution is -2.11. The van der Waals surface area contributed by atoms with Crippen molar-refractivity contribution in [1.82, 2.24) is 9.97 Å². The van der Waals surface area contributed by atoms with Gasteiger partial charge >= 0.3 is 0 Å². The Kier molecular flexibility index (Phi) is 6.00. The molecule has 1 aromatic heterocycles. The van der Waals surface area contributed by atoms with Crippen molar-refractivity contribution in [3.63, 3.8) is 0 Å². The second-order valence-electron chi connectivity index (χ2n) is 7.01. The quantitative estimate of drug-likeness (QED) is 0.448. The fourth-order valence-electron chi connectivity index (χ4n) is 3.41. The Labute approximate surface area is 171 Å². The summed E-state index contributed by atoms with van der Waals surface area (Å²) >= 11 is 0. The Balaban J connectivity index is 2.07. The zero-order chi connectivity index (χ0) is 21.2. The highest BCUT2D eigenvalue weighted by Crippen LogP contribution is 2.28. The first-order chi connectivity index (χ1) is 13.7. The molecule has 0 radical (unpaired) electrons. The van der Waals surface area contributed by atoms with Crippen molar-refractivity contribution in [1.29, 1.82) is 0 Å². The Morgan fingerprint density at radius 1 is 0.966 bits per heavy atom. The first-order valence-electron chi connectivity index (χ1n) is 9.17. The molecule has 7 heteroatoms. The van der Waals surface area contributed by atoms with Crippen LogP contribution < -0.4 is 4.89 Å². The average Bonchev–Trinajstić information content (AvgIpc) is 2.65. The summed E-state index contributed by atoms with van der Waals surface area (Å²) in [5.74, 6) is 0.947. The smallest absolute Gasteiger partial charge is 0.209 e. The summed E-state index contributed by atoms with van der Waals surface area (Å²) in [6.45, 7) is 7.87. The molecular formula is C22H24N2O4S. The molecule has 0 spiro atoms. The van der Waals surface area contributed by atoms with Gasteiger partial charge in [-0.05, 0) is 68.7 Å². The highest BCUT2D eigenvalue weighted by Gasteiger charge is 2.24. The van der Waals surface area contributed by atoms with Crippen LogP contribution in [0.1, 0.15) is 33.8 Å². The maximum atomic E-state index is 13.3. The van der Waals surface area contributed by atoms with Gasteiger partial charge in [0.05, 0.1) is 17.7 Å². The maximum Gasteiger partial charge on any atom is 0.209 e. The van der Waals surface area contributed by atoms with Crippen LogP contribution in [0.3, 0.4) is 0 Å². The highest BCUT2D eigenvalue weighted by molar-refractivity contribution is 7.91. The van der Waals surface area contributed by atoms with Crippen LogP contribution in [0, 0.1) is 27.7 Å². The van der Waals surface area contributed by atoms with Gasteiger partial charge in [-0.3, -0.25) is 0 Å². The molecule has 0 saturated carbocycles. The Morgan fingerprint density at radius 3 is 2.17 bits per heavy atom. The standard InChI is InChI=1S/C22H24N2O4S/c1-14-10-15(2)20(16(3)11-14)12-21-22(13-23-17(4)24-21)29(25,26)19-8-6-18(7-9-19)28-27-5/h6-11,13H,12H2,1-5H3. The van der Waals surface area contributed by atoms with Crippen LogP contribution in [0.15, 0.2) is 52.4 Å². The van der Waals surface area contributed by atoms with Crippen LogP contribution in [0.25, 0.3) is 0 Å². The fourth-order valence-corrected chi connectivity index (χ4v) is 4.78. The van der Waals surface area contributed by atoms with E-state index in [0.717, 1.165) is 16.7 Å². The van der Waals surface area contributed by atoms with Crippen molar-refractivity contribution in [3.8, 4) is 5.75 Å². The first-order valence-corrected chi connectivity index (χ1v) is 10.7. The van der Waals surface area contributed by atoms with E-state index in [9.17, 15) is 8.42 Å². The monoisotopic (exact) mass is 412 g/mol. The molecule has 0 aliphatic heterocycles. The molecule has 0 bridgehead atoms. The van der Waals surface area contributed by atoms with Gasteiger partial charge in [0.1, 0.15) is 10.7 Å². The Morgan fingerprint density at radius 2 is 1.59 bits per heavy atom. The fraction of sp³-hybridized carbons (Fsp3) is 0.273. The van der Waals surface area contributed by atoms with Gasteiger partial charge in [-0.15, -0.1) is 0 Å². The third kappa shape index (κ3) is 4.46. The molecule has 3 aromatic rings. The molecule has 1 heterocycles. The normalized spacial score (nSPS) is 11.5. The molecule has 0 fully saturated rings. The number of hydrogen-bond acceptors (Lipinski definition) is 6. The lowest BCUT2D eigenvalue weighted by atomic mass is 9.96. The molecule has 0 amide bonds. The lowest BCUT2D eigenvalue weighted by Gasteiger charge is -2.14. The van der Waals surface area contributed by atoms with Crippen LogP contribution in [-0.4, -0.2) is 25.5 Å². The van der Waals surface area contributed by atoms with Crippen molar-refractivity contribution in [2.75, 3.05) is 7.11 Å². The van der Waals surface area contributed by atoms with E-state index in [1.54, 1.807) is 19.1 Å². The van der Waals surface area contributed by atoms with Gasteiger partial charge in [-0.25, -0.2) is 18.4 Å². The van der Waals surface area contributed by atoms with Gasteiger partial charge in [0, 0.05) is 12.6 Å². The molecule has 6 nitrogen and oxygen atoms in total. The average molecular weight is 413 g/mol. The third-order valence-electron chi connectivity index (χ3n) is 4.74. The van der Waals surface area contributed by atoms with E-state index in [4.69, 9.17) is 4.89 Å². The second kappa shape index (κ2) is 8.31. The summed E-state index contributed by atoms with van der Waals surface area (Å²) in [6, 6.07) is 10.2. The van der Waals surface area contributed by atoms with E-state index in [-0.39, 0.29) is 9.79 Å². The number of rotatable bonds is 6. The van der Waals surface area contributed by atoms with Crippen molar-refractivity contribution in [2.45, 2.75) is 43.9 Å². The molecule has 0 atom stereocenters. The zero-order valence-electron chi connectivity index (χ0n) is 17.2. The summed E-state index contributed by atoms with van der Waals surface area (Å²) in [4.78, 5) is 18.4. The van der Waals surface area contributed by atoms with E-state index >= 15 is 0 Å². The van der Waals surface area contributed by atoms with Crippen LogP contribution >= 0.6 is 0 Å². The van der Waals surface area contributed by atoms with Gasteiger partial charge in [-0.2, -0.15) is 4.89 Å². The molecular weight excluding hydrogens is 388 g/mol. The summed E-state index contributed by atoms with van der Waals surface area (Å²) in [7, 11) is -2.41. The number of aromatic nitrogens is 2. The molecule has 152 valence electrons. The highest BCUT2D eigenvalue weighted by atomic mass is 32.2. The SMILES string of the molecule is COOc1ccc(S(=O)(=O)c2cnc(C)nc2Cc2c(C)cc(C)cc2C)cc1. The molecule has 2 aromatic carbocycles. The predicted octanol–water partition coefficient (Wildman–Crippen LogP) is 4.07. The minimum Gasteiger partial charge on any atom is -0.338 e. The summed E-state index contributed by atoms with van der Waals surface area (Å²) < 4.78 is 26.6. The predicted molar refractivity (Wildman–Crippen MR) is 110 cm³/mol. The molecule has 0 aliphatic carbocycles. The molecule has 0 aliphatic rings. The van der Waals surface area contributed by atoms with E-state index in [1.165, 1.54) is 31.0 Å². The van der Waals surface area contributed by atoms with Crippen molar-refractivity contribution >= 4 is 9.84 Å². The summed E-state index contributed by atoms with van der Waals surface area (Å²) in [5, 5.41) is 0. The third-order valence-corrected chi connectivity index (χ3v) is 6.55. The Bertz CT molecular complexity index is 1120. The van der Waals surface area contributed by atoms with E-state index in [0.29, 0.717) is 23.7 Å². The van der Waals surface area contributed by atoms with Crippen LogP contribution in [0.4, 0.5) is 0 Å². The van der Waals surface area contributed by atoms with Crippen molar-refractivity contribution in [3.05, 3.63) is 76.4 Å². The number of aryl methyl sites for hydroxylation is 4. The molecule has 0 saturated heterocycles. The van der Waals surface area contributed by atoms with E-state index < -0.39 is 9.84 Å². The summed E-state index contributed by atoms with van der Waals surface area (Å²) in [5.41, 5.74) is 4.97. The van der Waals surface area contributed by atoms with Gasteiger partial charge in [-0.1, -0.05) is 17.7 Å².